The molecule has 180 valence electrons. The molecule has 1 saturated heterocycles. The number of hydrogen-bond donors (Lipinski definition) is 1. The number of pyridine rings is 1. The van der Waals surface area contributed by atoms with E-state index in [0.717, 1.165) is 37.0 Å². The van der Waals surface area contributed by atoms with Crippen LogP contribution in [-0.4, -0.2) is 39.8 Å². The first-order valence-electron chi connectivity index (χ1n) is 10.9. The number of urea groups is 1. The number of rotatable bonds is 6. The fraction of sp³-hybridized carbons (Fsp3) is 0.391. The molecule has 2 fully saturated rings. The molecule has 1 aromatic heterocycles. The molecule has 11 heteroatoms. The summed E-state index contributed by atoms with van der Waals surface area (Å²) in [5, 5.41) is 2.84. The number of benzene rings is 1. The SMILES string of the molecule is O=C(Nc1cc(CN2CC(=O)N(c3ccc(SC(F)(F)F)cc3)C2=O)ccn1)C1CCCCC1. The molecule has 2 aromatic rings. The Kier molecular flexibility index (Phi) is 7.11. The van der Waals surface area contributed by atoms with Crippen LogP contribution in [0.3, 0.4) is 0 Å². The number of carbonyl (C=O) groups is 3. The third-order valence-corrected chi connectivity index (χ3v) is 6.53. The van der Waals surface area contributed by atoms with Crippen LogP contribution in [0.25, 0.3) is 0 Å². The Morgan fingerprint density at radius 2 is 1.79 bits per heavy atom. The maximum absolute atomic E-state index is 12.9. The minimum absolute atomic E-state index is 0.0218. The first-order valence-corrected chi connectivity index (χ1v) is 11.7. The fourth-order valence-electron chi connectivity index (χ4n) is 4.18. The molecule has 4 amide bonds. The monoisotopic (exact) mass is 492 g/mol. The van der Waals surface area contributed by atoms with Gasteiger partial charge in [-0.05, 0) is 66.6 Å². The summed E-state index contributed by atoms with van der Waals surface area (Å²) in [6.45, 7) is -0.0398. The van der Waals surface area contributed by atoms with Gasteiger partial charge in [0.15, 0.2) is 0 Å². The lowest BCUT2D eigenvalue weighted by Gasteiger charge is -2.21. The Balaban J connectivity index is 1.40. The summed E-state index contributed by atoms with van der Waals surface area (Å²) in [5.74, 6) is -0.164. The Bertz CT molecular complexity index is 1070. The summed E-state index contributed by atoms with van der Waals surface area (Å²) in [6.07, 6.45) is 6.48. The van der Waals surface area contributed by atoms with Gasteiger partial charge in [-0.25, -0.2) is 14.7 Å². The highest BCUT2D eigenvalue weighted by Crippen LogP contribution is 2.37. The van der Waals surface area contributed by atoms with Gasteiger partial charge in [0.05, 0.1) is 5.69 Å². The second-order valence-corrected chi connectivity index (χ2v) is 9.42. The van der Waals surface area contributed by atoms with Crippen LogP contribution in [-0.2, 0) is 16.1 Å². The zero-order valence-corrected chi connectivity index (χ0v) is 19.0. The van der Waals surface area contributed by atoms with Gasteiger partial charge in [0.25, 0.3) is 5.91 Å². The average molecular weight is 493 g/mol. The molecular weight excluding hydrogens is 469 g/mol. The predicted octanol–water partition coefficient (Wildman–Crippen LogP) is 5.18. The number of anilines is 2. The highest BCUT2D eigenvalue weighted by molar-refractivity contribution is 8.00. The summed E-state index contributed by atoms with van der Waals surface area (Å²) < 4.78 is 37.6. The number of carbonyl (C=O) groups excluding carboxylic acids is 3. The second-order valence-electron chi connectivity index (χ2n) is 8.28. The lowest BCUT2D eigenvalue weighted by molar-refractivity contribution is -0.120. The number of hydrogen-bond acceptors (Lipinski definition) is 5. The molecule has 1 saturated carbocycles. The second kappa shape index (κ2) is 10.0. The van der Waals surface area contributed by atoms with Crippen LogP contribution in [0.5, 0.6) is 0 Å². The summed E-state index contributed by atoms with van der Waals surface area (Å²) in [6, 6.07) is 7.88. The summed E-state index contributed by atoms with van der Waals surface area (Å²) in [4.78, 5) is 44.3. The Hall–Kier alpha value is -3.08. The zero-order valence-electron chi connectivity index (χ0n) is 18.2. The van der Waals surface area contributed by atoms with Crippen LogP contribution in [0.4, 0.5) is 29.5 Å². The number of alkyl halides is 3. The largest absolute Gasteiger partial charge is 0.446 e. The zero-order chi connectivity index (χ0) is 24.3. The van der Waals surface area contributed by atoms with E-state index in [4.69, 9.17) is 0 Å². The van der Waals surface area contributed by atoms with Gasteiger partial charge in [-0.15, -0.1) is 0 Å². The number of halogens is 3. The molecular formula is C23H23F3N4O3S. The van der Waals surface area contributed by atoms with E-state index < -0.39 is 17.4 Å². The number of nitrogens with one attached hydrogen (secondary N) is 1. The van der Waals surface area contributed by atoms with Crippen molar-refractivity contribution in [3.8, 4) is 0 Å². The maximum Gasteiger partial charge on any atom is 0.446 e. The quantitative estimate of drug-likeness (QED) is 0.444. The van der Waals surface area contributed by atoms with E-state index in [1.807, 2.05) is 0 Å². The molecule has 0 bridgehead atoms. The van der Waals surface area contributed by atoms with Crippen molar-refractivity contribution < 1.29 is 27.6 Å². The Labute approximate surface area is 198 Å². The average Bonchev–Trinajstić information content (AvgIpc) is 3.07. The first-order chi connectivity index (χ1) is 16.2. The fourth-order valence-corrected chi connectivity index (χ4v) is 4.72. The van der Waals surface area contributed by atoms with E-state index in [9.17, 15) is 27.6 Å². The predicted molar refractivity (Wildman–Crippen MR) is 121 cm³/mol. The molecule has 7 nitrogen and oxygen atoms in total. The number of imide groups is 1. The molecule has 1 aliphatic heterocycles. The van der Waals surface area contributed by atoms with Crippen molar-refractivity contribution in [2.45, 2.75) is 49.1 Å². The Morgan fingerprint density at radius 3 is 2.47 bits per heavy atom. The lowest BCUT2D eigenvalue weighted by atomic mass is 9.89. The van der Waals surface area contributed by atoms with Gasteiger partial charge < -0.3 is 10.2 Å². The van der Waals surface area contributed by atoms with Crippen molar-refractivity contribution in [1.82, 2.24) is 9.88 Å². The van der Waals surface area contributed by atoms with Gasteiger partial charge >= 0.3 is 11.5 Å². The summed E-state index contributed by atoms with van der Waals surface area (Å²) >= 11 is -0.264. The van der Waals surface area contributed by atoms with E-state index in [0.29, 0.717) is 11.4 Å². The molecule has 1 aliphatic carbocycles. The normalized spacial score (nSPS) is 17.4. The highest BCUT2D eigenvalue weighted by Gasteiger charge is 2.37. The van der Waals surface area contributed by atoms with E-state index >= 15 is 0 Å². The van der Waals surface area contributed by atoms with Crippen LogP contribution < -0.4 is 10.2 Å². The number of aromatic nitrogens is 1. The minimum Gasteiger partial charge on any atom is -0.310 e. The van der Waals surface area contributed by atoms with Gasteiger partial charge in [0, 0.05) is 23.6 Å². The Morgan fingerprint density at radius 1 is 1.09 bits per heavy atom. The molecule has 1 N–H and O–H groups in total. The van der Waals surface area contributed by atoms with Crippen molar-refractivity contribution >= 4 is 41.1 Å². The van der Waals surface area contributed by atoms with Gasteiger partial charge in [-0.2, -0.15) is 13.2 Å². The van der Waals surface area contributed by atoms with Crippen molar-refractivity contribution in [2.24, 2.45) is 5.92 Å². The van der Waals surface area contributed by atoms with Gasteiger partial charge in [0.1, 0.15) is 12.4 Å². The molecule has 1 aromatic carbocycles. The standard InChI is InChI=1S/C23H23F3N4O3S/c24-23(25,26)34-18-8-6-17(7-9-18)30-20(31)14-29(22(30)33)13-15-10-11-27-19(12-15)28-21(32)16-4-2-1-3-5-16/h6-12,16H,1-5,13-14H2,(H,27,28,32). The van der Waals surface area contributed by atoms with Crippen LogP contribution >= 0.6 is 11.8 Å². The maximum atomic E-state index is 12.9. The highest BCUT2D eigenvalue weighted by atomic mass is 32.2. The van der Waals surface area contributed by atoms with Crippen molar-refractivity contribution in [3.05, 3.63) is 48.2 Å². The third kappa shape index (κ3) is 5.88. The molecule has 0 unspecified atom stereocenters. The van der Waals surface area contributed by atoms with Gasteiger partial charge in [-0.1, -0.05) is 19.3 Å². The van der Waals surface area contributed by atoms with Gasteiger partial charge in [-0.3, -0.25) is 9.59 Å². The third-order valence-electron chi connectivity index (χ3n) is 5.79. The topological polar surface area (TPSA) is 82.6 Å². The summed E-state index contributed by atoms with van der Waals surface area (Å²) in [7, 11) is 0. The van der Waals surface area contributed by atoms with Crippen LogP contribution in [0.1, 0.15) is 37.7 Å². The smallest absolute Gasteiger partial charge is 0.310 e. The number of amides is 4. The molecule has 0 atom stereocenters. The van der Waals surface area contributed by atoms with Crippen LogP contribution in [0.15, 0.2) is 47.5 Å². The summed E-state index contributed by atoms with van der Waals surface area (Å²) in [5.41, 5.74) is -3.52. The van der Waals surface area contributed by atoms with Crippen molar-refractivity contribution in [2.75, 3.05) is 16.8 Å². The van der Waals surface area contributed by atoms with E-state index in [-0.39, 0.29) is 47.3 Å². The molecule has 0 radical (unpaired) electrons. The molecule has 0 spiro atoms. The number of nitrogens with zero attached hydrogens (tertiary/aromatic N) is 3. The lowest BCUT2D eigenvalue weighted by Crippen LogP contribution is -2.32. The van der Waals surface area contributed by atoms with Crippen LogP contribution in [0, 0.1) is 5.92 Å². The molecule has 4 rings (SSSR count). The molecule has 2 heterocycles. The first kappa shape index (κ1) is 24.1. The van der Waals surface area contributed by atoms with E-state index in [1.54, 1.807) is 12.1 Å². The minimum atomic E-state index is -4.42. The van der Waals surface area contributed by atoms with Crippen molar-refractivity contribution in [1.29, 1.82) is 0 Å². The van der Waals surface area contributed by atoms with E-state index in [2.05, 4.69) is 10.3 Å². The number of thioether (sulfide) groups is 1. The molecule has 34 heavy (non-hydrogen) atoms. The van der Waals surface area contributed by atoms with E-state index in [1.165, 1.54) is 35.4 Å². The van der Waals surface area contributed by atoms with Crippen molar-refractivity contribution in [3.63, 3.8) is 0 Å². The molecule has 2 aliphatic rings. The van der Waals surface area contributed by atoms with Crippen LogP contribution in [0.2, 0.25) is 0 Å². The van der Waals surface area contributed by atoms with Gasteiger partial charge in [0.2, 0.25) is 5.91 Å².